The maximum Gasteiger partial charge on any atom is 2.00 e. The first-order chi connectivity index (χ1) is 5.46. The number of hydrogen-bond acceptors (Lipinski definition) is 10. The summed E-state index contributed by atoms with van der Waals surface area (Å²) < 4.78 is 34.1. The molecule has 0 amide bonds. The van der Waals surface area contributed by atoms with Gasteiger partial charge >= 0.3 is 105 Å². The fourth-order valence-corrected chi connectivity index (χ4v) is 0. The second-order valence-corrected chi connectivity index (χ2v) is 1.67. The Hall–Kier alpha value is 1.75. The molecule has 0 heterocycles. The number of rotatable bonds is 0. The summed E-state index contributed by atoms with van der Waals surface area (Å²) in [5.41, 5.74) is 0. The summed E-state index contributed by atoms with van der Waals surface area (Å²) in [7, 11) is -5.17. The summed E-state index contributed by atoms with van der Waals surface area (Å²) in [5.74, 6) is 0. The van der Waals surface area contributed by atoms with Crippen LogP contribution in [0.25, 0.3) is 0 Å². The van der Waals surface area contributed by atoms with Crippen molar-refractivity contribution in [2.45, 2.75) is 0 Å². The molecule has 0 spiro atoms. The van der Waals surface area contributed by atoms with Gasteiger partial charge in [0.2, 0.25) is 0 Å². The Labute approximate surface area is 170 Å². The molecule has 0 fully saturated rings. The zero-order valence-electron chi connectivity index (χ0n) is 8.09. The van der Waals surface area contributed by atoms with E-state index in [2.05, 4.69) is 0 Å². The minimum absolute atomic E-state index is 0. The Morgan fingerprint density at radius 3 is 0.750 bits per heavy atom. The van der Waals surface area contributed by atoms with Crippen molar-refractivity contribution in [3.8, 4) is 0 Å². The molecular formula is N2Na2O10SSr. The fourth-order valence-electron chi connectivity index (χ4n) is 0. The zero-order valence-corrected chi connectivity index (χ0v) is 16.4. The average molecular weight is 354 g/mol. The molecule has 0 rings (SSSR count). The second-order valence-electron chi connectivity index (χ2n) is 0.855. The van der Waals surface area contributed by atoms with E-state index in [9.17, 15) is 0 Å². The van der Waals surface area contributed by atoms with Crippen LogP contribution in [-0.2, 0) is 10.4 Å². The maximum absolute atomic E-state index is 8.52. The van der Waals surface area contributed by atoms with Gasteiger partial charge < -0.3 is 39.7 Å². The third kappa shape index (κ3) is 1120. The van der Waals surface area contributed by atoms with Gasteiger partial charge in [-0.3, -0.25) is 8.42 Å². The van der Waals surface area contributed by atoms with Gasteiger partial charge in [-0.25, -0.2) is 0 Å². The van der Waals surface area contributed by atoms with Crippen molar-refractivity contribution in [3.63, 3.8) is 0 Å². The molecule has 0 atom stereocenters. The predicted molar refractivity (Wildman–Crippen MR) is 37.0 cm³/mol. The van der Waals surface area contributed by atoms with Gasteiger partial charge in [0.1, 0.15) is 0 Å². The molecule has 0 N–H and O–H groups in total. The standard InChI is InChI=1S/2NO3.2Na.H2O4S.Sr/c2*2-1(3)4;;;1-5(2,3)4;/h;;;;(H2,1,2,3,4);/q2*-1;2*+1;;+2/p-2. The van der Waals surface area contributed by atoms with Crippen molar-refractivity contribution >= 4 is 55.9 Å². The molecule has 0 aliphatic rings. The molecule has 0 saturated carbocycles. The fraction of sp³-hybridized carbons (Fsp3) is 0. The molecule has 0 unspecified atom stereocenters. The van der Waals surface area contributed by atoms with E-state index in [1.807, 2.05) is 0 Å². The minimum Gasteiger partial charge on any atom is -0.759 e. The Balaban J connectivity index is -0.0000000216. The Morgan fingerprint density at radius 1 is 0.750 bits per heavy atom. The molecule has 0 saturated heterocycles. The van der Waals surface area contributed by atoms with E-state index >= 15 is 0 Å². The number of nitrogens with zero attached hydrogens (tertiary/aromatic N) is 2. The van der Waals surface area contributed by atoms with E-state index in [4.69, 9.17) is 48.2 Å². The molecule has 12 nitrogen and oxygen atoms in total. The molecule has 0 aromatic rings. The summed E-state index contributed by atoms with van der Waals surface area (Å²) in [4.78, 5) is 16.5. The Bertz CT molecular complexity index is 222. The monoisotopic (exact) mass is 354 g/mol. The summed E-state index contributed by atoms with van der Waals surface area (Å²) in [6.45, 7) is 0. The molecular weight excluding hydrogens is 354 g/mol. The summed E-state index contributed by atoms with van der Waals surface area (Å²) in [5, 5.41) is 29.5. The van der Waals surface area contributed by atoms with Crippen molar-refractivity contribution in [3.05, 3.63) is 30.6 Å². The Morgan fingerprint density at radius 2 is 0.750 bits per heavy atom. The van der Waals surface area contributed by atoms with E-state index < -0.39 is 20.6 Å². The van der Waals surface area contributed by atoms with E-state index in [0.717, 1.165) is 0 Å². The van der Waals surface area contributed by atoms with Gasteiger partial charge in [0, 0.05) is 10.4 Å². The van der Waals surface area contributed by atoms with Crippen LogP contribution in [0, 0.1) is 30.6 Å². The van der Waals surface area contributed by atoms with Crippen LogP contribution >= 0.6 is 0 Å². The van der Waals surface area contributed by atoms with Crippen molar-refractivity contribution < 1.29 is 86.8 Å². The van der Waals surface area contributed by atoms with E-state index in [1.54, 1.807) is 0 Å². The van der Waals surface area contributed by atoms with Gasteiger partial charge in [-0.1, -0.05) is 0 Å². The second kappa shape index (κ2) is 22.0. The molecule has 80 valence electrons. The first-order valence-corrected chi connectivity index (χ1v) is 3.10. The summed E-state index contributed by atoms with van der Waals surface area (Å²) in [6, 6.07) is 0. The van der Waals surface area contributed by atoms with Crippen LogP contribution in [0.5, 0.6) is 0 Å². The van der Waals surface area contributed by atoms with Crippen LogP contribution < -0.4 is 59.1 Å². The predicted octanol–water partition coefficient (Wildman–Crippen LogP) is -8.19. The van der Waals surface area contributed by atoms with Crippen LogP contribution in [-0.4, -0.2) is 73.2 Å². The van der Waals surface area contributed by atoms with Crippen molar-refractivity contribution in [1.82, 2.24) is 0 Å². The first kappa shape index (κ1) is 36.1. The van der Waals surface area contributed by atoms with Crippen LogP contribution in [0.2, 0.25) is 0 Å². The molecule has 0 radical (unpaired) electrons. The maximum atomic E-state index is 8.52. The van der Waals surface area contributed by atoms with Crippen LogP contribution in [0.15, 0.2) is 0 Å². The zero-order chi connectivity index (χ0) is 11.7. The van der Waals surface area contributed by atoms with E-state index in [1.165, 1.54) is 0 Å². The molecule has 16 heavy (non-hydrogen) atoms. The smallest absolute Gasteiger partial charge is 0.759 e. The minimum atomic E-state index is -5.17. The molecule has 0 aliphatic carbocycles. The third-order valence-corrected chi connectivity index (χ3v) is 0. The largest absolute Gasteiger partial charge is 2.00 e. The van der Waals surface area contributed by atoms with Crippen LogP contribution in [0.4, 0.5) is 0 Å². The molecule has 0 aromatic carbocycles. The molecule has 16 heteroatoms. The van der Waals surface area contributed by atoms with Crippen molar-refractivity contribution in [2.75, 3.05) is 0 Å². The van der Waals surface area contributed by atoms with E-state index in [0.29, 0.717) is 0 Å². The van der Waals surface area contributed by atoms with Gasteiger partial charge in [0.25, 0.3) is 0 Å². The van der Waals surface area contributed by atoms with Gasteiger partial charge in [0.05, 0.1) is 10.2 Å². The molecule has 0 aromatic heterocycles. The van der Waals surface area contributed by atoms with Gasteiger partial charge in [-0.05, 0) is 0 Å². The van der Waals surface area contributed by atoms with Gasteiger partial charge in [0.15, 0.2) is 0 Å². The van der Waals surface area contributed by atoms with E-state index in [-0.39, 0.29) is 105 Å². The quantitative estimate of drug-likeness (QED) is 0.132. The van der Waals surface area contributed by atoms with Crippen molar-refractivity contribution in [1.29, 1.82) is 0 Å². The third-order valence-electron chi connectivity index (χ3n) is 0. The SMILES string of the molecule is O=S(=O)([O-])[O-].O=[N+]([O-])[O-].O=[N+]([O-])[O-].[Na+].[Na+].[Sr+2]. The normalized spacial score (nSPS) is 6.62. The summed E-state index contributed by atoms with van der Waals surface area (Å²) in [6.07, 6.45) is 0. The topological polar surface area (TPSA) is 213 Å². The number of hydrogen-bond donors (Lipinski definition) is 0. The first-order valence-electron chi connectivity index (χ1n) is 1.76. The van der Waals surface area contributed by atoms with Crippen molar-refractivity contribution in [2.24, 2.45) is 0 Å². The van der Waals surface area contributed by atoms with Gasteiger partial charge in [-0.15, -0.1) is 0 Å². The Kier molecular flexibility index (Phi) is 49.5. The summed E-state index contributed by atoms with van der Waals surface area (Å²) >= 11 is 0. The van der Waals surface area contributed by atoms with Crippen LogP contribution in [0.3, 0.4) is 0 Å². The molecule has 0 aliphatic heterocycles. The molecule has 0 bridgehead atoms. The van der Waals surface area contributed by atoms with Crippen LogP contribution in [0.1, 0.15) is 0 Å². The van der Waals surface area contributed by atoms with Gasteiger partial charge in [-0.2, -0.15) is 0 Å². The average Bonchev–Trinajstić information content (AvgIpc) is 1.50.